The van der Waals surface area contributed by atoms with Crippen molar-refractivity contribution in [3.8, 4) is 11.5 Å². The zero-order valence-corrected chi connectivity index (χ0v) is 22.6. The first-order chi connectivity index (χ1) is 20.6. The Bertz CT molecular complexity index is 2240. The molecule has 0 bridgehead atoms. The van der Waals surface area contributed by atoms with E-state index in [2.05, 4.69) is 0 Å². The van der Waals surface area contributed by atoms with E-state index < -0.39 is 0 Å². The molecule has 0 aliphatic rings. The molecular formula is C35H23N3O4. The number of aromatic nitrogens is 3. The van der Waals surface area contributed by atoms with Crippen molar-refractivity contribution in [1.29, 1.82) is 0 Å². The third-order valence-electron chi connectivity index (χ3n) is 7.92. The van der Waals surface area contributed by atoms with Crippen molar-refractivity contribution in [2.24, 2.45) is 7.05 Å². The molecule has 8 aromatic rings. The van der Waals surface area contributed by atoms with Crippen LogP contribution in [0.1, 0.15) is 11.1 Å². The van der Waals surface area contributed by atoms with Gasteiger partial charge in [0.25, 0.3) is 11.1 Å². The van der Waals surface area contributed by atoms with Gasteiger partial charge >= 0.3 is 0 Å². The number of nitrogens with zero attached hydrogens (tertiary/aromatic N) is 3. The predicted molar refractivity (Wildman–Crippen MR) is 165 cm³/mol. The fraction of sp³-hybridized carbons (Fsp3) is 0.0857. The second kappa shape index (κ2) is 9.24. The summed E-state index contributed by atoms with van der Waals surface area (Å²) in [6.45, 7) is 0.850. The average Bonchev–Trinajstić information content (AvgIpc) is 3.66. The van der Waals surface area contributed by atoms with Crippen LogP contribution in [0.4, 0.5) is 0 Å². The van der Waals surface area contributed by atoms with E-state index in [1.165, 1.54) is 11.6 Å². The molecule has 0 aliphatic heterocycles. The third kappa shape index (κ3) is 3.67. The maximum Gasteiger partial charge on any atom is 0.262 e. The lowest BCUT2D eigenvalue weighted by Gasteiger charge is -2.06. The second-order valence-electron chi connectivity index (χ2n) is 10.5. The Morgan fingerprint density at radius 1 is 0.571 bits per heavy atom. The van der Waals surface area contributed by atoms with Crippen LogP contribution in [0.25, 0.3) is 54.4 Å². The van der Waals surface area contributed by atoms with Crippen molar-refractivity contribution in [2.45, 2.75) is 13.2 Å². The van der Waals surface area contributed by atoms with Crippen LogP contribution in [-0.2, 0) is 20.3 Å². The van der Waals surface area contributed by atoms with Gasteiger partial charge in [0.05, 0.1) is 32.8 Å². The Morgan fingerprint density at radius 2 is 1.00 bits per heavy atom. The van der Waals surface area contributed by atoms with Crippen molar-refractivity contribution in [3.63, 3.8) is 0 Å². The normalized spacial score (nSPS) is 11.8. The summed E-state index contributed by atoms with van der Waals surface area (Å²) >= 11 is 0. The first-order valence-electron chi connectivity index (χ1n) is 13.7. The first-order valence-corrected chi connectivity index (χ1v) is 13.7. The van der Waals surface area contributed by atoms with Crippen molar-refractivity contribution < 1.29 is 9.47 Å². The predicted octanol–water partition coefficient (Wildman–Crippen LogP) is 6.34. The van der Waals surface area contributed by atoms with Gasteiger partial charge in [0.2, 0.25) is 0 Å². The highest BCUT2D eigenvalue weighted by Crippen LogP contribution is 2.41. The lowest BCUT2D eigenvalue weighted by atomic mass is 10.0. The van der Waals surface area contributed by atoms with Crippen molar-refractivity contribution in [2.75, 3.05) is 0 Å². The van der Waals surface area contributed by atoms with Crippen LogP contribution in [0.15, 0.2) is 107 Å². The minimum atomic E-state index is -0.335. The van der Waals surface area contributed by atoms with E-state index in [0.717, 1.165) is 21.9 Å². The zero-order valence-electron chi connectivity index (χ0n) is 22.6. The van der Waals surface area contributed by atoms with Gasteiger partial charge in [-0.1, -0.05) is 60.7 Å². The van der Waals surface area contributed by atoms with Gasteiger partial charge in [-0.05, 0) is 35.4 Å². The van der Waals surface area contributed by atoms with E-state index in [0.29, 0.717) is 68.3 Å². The summed E-state index contributed by atoms with van der Waals surface area (Å²) < 4.78 is 13.3. The molecule has 0 radical (unpaired) electrons. The average molecular weight is 550 g/mol. The van der Waals surface area contributed by atoms with E-state index in [4.69, 9.17) is 19.4 Å². The Kier molecular flexibility index (Phi) is 5.34. The number of fused-ring (bicyclic) bond motifs is 10. The van der Waals surface area contributed by atoms with Crippen LogP contribution in [0.2, 0.25) is 0 Å². The summed E-state index contributed by atoms with van der Waals surface area (Å²) in [4.78, 5) is 36.9. The summed E-state index contributed by atoms with van der Waals surface area (Å²) in [5.41, 5.74) is 4.00. The SMILES string of the molecule is Cn1c(=O)c2c(c1=O)c1c3ccc(OCc4ccccc4)cc3nc1c1nc3cc(OCc4ccccc4)ccc3c12. The summed E-state index contributed by atoms with van der Waals surface area (Å²) in [6, 6.07) is 31.2. The maximum absolute atomic E-state index is 13.5. The summed E-state index contributed by atoms with van der Waals surface area (Å²) in [7, 11) is 1.52. The van der Waals surface area contributed by atoms with Crippen molar-refractivity contribution in [3.05, 3.63) is 129 Å². The highest BCUT2D eigenvalue weighted by atomic mass is 16.5. The molecule has 0 atom stereocenters. The highest BCUT2D eigenvalue weighted by molar-refractivity contribution is 6.35. The Labute approximate surface area is 238 Å². The van der Waals surface area contributed by atoms with Crippen LogP contribution in [0.5, 0.6) is 11.5 Å². The van der Waals surface area contributed by atoms with Crippen LogP contribution < -0.4 is 20.6 Å². The van der Waals surface area contributed by atoms with E-state index in [1.807, 2.05) is 97.1 Å². The van der Waals surface area contributed by atoms with Gasteiger partial charge in [-0.2, -0.15) is 0 Å². The molecule has 3 aromatic heterocycles. The molecule has 0 spiro atoms. The molecular weight excluding hydrogens is 526 g/mol. The van der Waals surface area contributed by atoms with Crippen molar-refractivity contribution >= 4 is 54.4 Å². The molecule has 0 unspecified atom stereocenters. The molecule has 0 amide bonds. The van der Waals surface area contributed by atoms with Gasteiger partial charge in [0, 0.05) is 40.7 Å². The van der Waals surface area contributed by atoms with E-state index in [9.17, 15) is 9.59 Å². The van der Waals surface area contributed by atoms with E-state index >= 15 is 0 Å². The topological polar surface area (TPSA) is 83.3 Å². The summed E-state index contributed by atoms with van der Waals surface area (Å²) in [6.07, 6.45) is 0. The molecule has 8 rings (SSSR count). The van der Waals surface area contributed by atoms with Gasteiger partial charge in [0.1, 0.15) is 24.7 Å². The van der Waals surface area contributed by atoms with Gasteiger partial charge < -0.3 is 9.47 Å². The lowest BCUT2D eigenvalue weighted by Crippen LogP contribution is -2.21. The second-order valence-corrected chi connectivity index (χ2v) is 10.5. The van der Waals surface area contributed by atoms with Gasteiger partial charge in [-0.3, -0.25) is 14.2 Å². The molecule has 5 aromatic carbocycles. The smallest absolute Gasteiger partial charge is 0.262 e. The molecule has 3 heterocycles. The summed E-state index contributed by atoms with van der Waals surface area (Å²) in [5, 5.41) is 3.62. The van der Waals surface area contributed by atoms with Crippen molar-refractivity contribution in [1.82, 2.24) is 14.5 Å². The standard InChI is InChI=1S/C35H23N3O4/c1-38-34(39)30-28-24-14-12-22(41-18-20-8-4-2-5-9-20)16-26(24)36-32(28)33-29(31(30)35(38)40)25-15-13-23(17-27(25)37-33)42-19-21-10-6-3-7-11-21/h2-17H,18-19H2,1H3. The quantitative estimate of drug-likeness (QED) is 0.241. The molecule has 202 valence electrons. The lowest BCUT2D eigenvalue weighted by molar-refractivity contribution is 0.306. The molecule has 0 saturated heterocycles. The Morgan fingerprint density at radius 3 is 1.43 bits per heavy atom. The van der Waals surface area contributed by atoms with Gasteiger partial charge in [-0.15, -0.1) is 0 Å². The van der Waals surface area contributed by atoms with E-state index in [-0.39, 0.29) is 11.1 Å². The third-order valence-corrected chi connectivity index (χ3v) is 7.92. The number of hydrogen-bond acceptors (Lipinski definition) is 6. The number of rotatable bonds is 6. The summed E-state index contributed by atoms with van der Waals surface area (Å²) in [5.74, 6) is 1.34. The van der Waals surface area contributed by atoms with Gasteiger partial charge in [-0.25, -0.2) is 9.97 Å². The molecule has 7 nitrogen and oxygen atoms in total. The fourth-order valence-electron chi connectivity index (χ4n) is 5.85. The van der Waals surface area contributed by atoms with Crippen LogP contribution in [0, 0.1) is 0 Å². The first kappa shape index (κ1) is 24.3. The molecule has 0 saturated carbocycles. The van der Waals surface area contributed by atoms with Crippen LogP contribution in [0.3, 0.4) is 0 Å². The monoisotopic (exact) mass is 549 g/mol. The number of benzene rings is 5. The minimum Gasteiger partial charge on any atom is -0.489 e. The zero-order chi connectivity index (χ0) is 28.4. The molecule has 7 heteroatoms. The highest BCUT2D eigenvalue weighted by Gasteiger charge is 2.25. The Balaban J connectivity index is 1.32. The Hall–Kier alpha value is -5.56. The molecule has 42 heavy (non-hydrogen) atoms. The largest absolute Gasteiger partial charge is 0.489 e. The molecule has 0 N–H and O–H groups in total. The van der Waals surface area contributed by atoms with Crippen LogP contribution in [-0.4, -0.2) is 14.5 Å². The minimum absolute atomic E-state index is 0.335. The fourth-order valence-corrected chi connectivity index (χ4v) is 5.85. The van der Waals surface area contributed by atoms with Gasteiger partial charge in [0.15, 0.2) is 0 Å². The molecule has 0 fully saturated rings. The van der Waals surface area contributed by atoms with Crippen LogP contribution >= 0.6 is 0 Å². The number of hydrogen-bond donors (Lipinski definition) is 0. The van der Waals surface area contributed by atoms with E-state index in [1.54, 1.807) is 0 Å². The molecule has 0 aliphatic carbocycles. The number of ether oxygens (including phenoxy) is 2. The maximum atomic E-state index is 13.5.